The zero-order valence-electron chi connectivity index (χ0n) is 10.3. The zero-order chi connectivity index (χ0) is 13.1. The number of hydrogen-bond acceptors (Lipinski definition) is 2. The normalized spacial score (nSPS) is 10.4. The Hall–Kier alpha value is -1.25. The van der Waals surface area contributed by atoms with Crippen LogP contribution in [0.4, 0.5) is 5.69 Å². The van der Waals surface area contributed by atoms with Crippen LogP contribution in [0.3, 0.4) is 0 Å². The monoisotopic (exact) mass is 280 g/mol. The zero-order valence-corrected chi connectivity index (χ0v) is 11.8. The molecule has 2 aromatic rings. The lowest BCUT2D eigenvalue weighted by molar-refractivity contribution is 0.885. The van der Waals surface area contributed by atoms with E-state index < -0.39 is 0 Å². The molecule has 0 saturated heterocycles. The van der Waals surface area contributed by atoms with E-state index in [0.29, 0.717) is 16.7 Å². The van der Waals surface area contributed by atoms with Gasteiger partial charge in [0.05, 0.1) is 17.3 Å². The van der Waals surface area contributed by atoms with Crippen LogP contribution in [0.15, 0.2) is 36.4 Å². The molecule has 0 aliphatic rings. The summed E-state index contributed by atoms with van der Waals surface area (Å²) in [5, 5.41) is 1.10. The number of hydrogen-bond donors (Lipinski definition) is 0. The Bertz CT molecular complexity index is 555. The smallest absolute Gasteiger partial charge is 0.129 e. The highest BCUT2D eigenvalue weighted by molar-refractivity contribution is 6.32. The van der Waals surface area contributed by atoms with E-state index >= 15 is 0 Å². The number of rotatable bonds is 3. The minimum atomic E-state index is 0.465. The van der Waals surface area contributed by atoms with Gasteiger partial charge in [0, 0.05) is 12.7 Å². The van der Waals surface area contributed by atoms with Gasteiger partial charge in [-0.2, -0.15) is 0 Å². The van der Waals surface area contributed by atoms with Gasteiger partial charge in [-0.1, -0.05) is 35.3 Å². The first kappa shape index (κ1) is 13.2. The van der Waals surface area contributed by atoms with E-state index in [2.05, 4.69) is 35.0 Å². The van der Waals surface area contributed by atoms with Gasteiger partial charge in [0.25, 0.3) is 0 Å². The highest BCUT2D eigenvalue weighted by Gasteiger charge is 2.07. The number of halogens is 2. The Labute approximate surface area is 117 Å². The highest BCUT2D eigenvalue weighted by atomic mass is 35.5. The summed E-state index contributed by atoms with van der Waals surface area (Å²) in [7, 11) is 2.01. The van der Waals surface area contributed by atoms with Crippen molar-refractivity contribution in [1.29, 1.82) is 0 Å². The second-order valence-corrected chi connectivity index (χ2v) is 5.05. The van der Waals surface area contributed by atoms with E-state index in [1.54, 1.807) is 12.1 Å². The van der Waals surface area contributed by atoms with Crippen LogP contribution in [0.2, 0.25) is 10.2 Å². The van der Waals surface area contributed by atoms with Gasteiger partial charge in [0.1, 0.15) is 5.15 Å². The van der Waals surface area contributed by atoms with E-state index in [1.165, 1.54) is 5.56 Å². The molecule has 1 aromatic carbocycles. The number of anilines is 1. The molecule has 0 aliphatic heterocycles. The minimum Gasteiger partial charge on any atom is -0.369 e. The van der Waals surface area contributed by atoms with E-state index in [1.807, 2.05) is 13.1 Å². The van der Waals surface area contributed by atoms with Crippen molar-refractivity contribution in [2.45, 2.75) is 13.5 Å². The summed E-state index contributed by atoms with van der Waals surface area (Å²) in [5.74, 6) is 0. The molecule has 0 spiro atoms. The van der Waals surface area contributed by atoms with Crippen molar-refractivity contribution in [2.75, 3.05) is 11.9 Å². The van der Waals surface area contributed by atoms with E-state index in [4.69, 9.17) is 23.2 Å². The van der Waals surface area contributed by atoms with Crippen molar-refractivity contribution in [1.82, 2.24) is 4.98 Å². The van der Waals surface area contributed by atoms with Crippen molar-refractivity contribution in [2.24, 2.45) is 0 Å². The van der Waals surface area contributed by atoms with Crippen molar-refractivity contribution in [3.63, 3.8) is 0 Å². The lowest BCUT2D eigenvalue weighted by atomic mass is 10.2. The molecule has 0 unspecified atom stereocenters. The molecule has 0 aliphatic carbocycles. The molecule has 0 atom stereocenters. The average Bonchev–Trinajstić information content (AvgIpc) is 2.34. The molecule has 94 valence electrons. The summed E-state index contributed by atoms with van der Waals surface area (Å²) >= 11 is 12.0. The summed E-state index contributed by atoms with van der Waals surface area (Å²) in [6.45, 7) is 2.70. The molecule has 2 rings (SSSR count). The van der Waals surface area contributed by atoms with Crippen LogP contribution >= 0.6 is 23.2 Å². The number of pyridine rings is 1. The third-order valence-corrected chi connectivity index (χ3v) is 3.27. The van der Waals surface area contributed by atoms with Gasteiger partial charge in [-0.05, 0) is 36.8 Å². The van der Waals surface area contributed by atoms with Gasteiger partial charge in [-0.3, -0.25) is 0 Å². The summed E-state index contributed by atoms with van der Waals surface area (Å²) in [5.41, 5.74) is 3.14. The lowest BCUT2D eigenvalue weighted by Gasteiger charge is -2.20. The van der Waals surface area contributed by atoms with Crippen LogP contribution in [0, 0.1) is 6.92 Å². The van der Waals surface area contributed by atoms with Gasteiger partial charge in [0.15, 0.2) is 0 Å². The Morgan fingerprint density at radius 1 is 1.17 bits per heavy atom. The first-order chi connectivity index (χ1) is 8.56. The molecule has 2 nitrogen and oxygen atoms in total. The highest BCUT2D eigenvalue weighted by Crippen LogP contribution is 2.21. The van der Waals surface area contributed by atoms with Gasteiger partial charge < -0.3 is 4.90 Å². The van der Waals surface area contributed by atoms with Crippen LogP contribution in [0.1, 0.15) is 11.3 Å². The Morgan fingerprint density at radius 2 is 1.94 bits per heavy atom. The second-order valence-electron chi connectivity index (χ2n) is 4.26. The third-order valence-electron chi connectivity index (χ3n) is 2.71. The maximum absolute atomic E-state index is 6.11. The Morgan fingerprint density at radius 3 is 2.67 bits per heavy atom. The van der Waals surface area contributed by atoms with Crippen LogP contribution in [-0.2, 0) is 6.54 Å². The predicted molar refractivity (Wildman–Crippen MR) is 77.5 cm³/mol. The number of aromatic nitrogens is 1. The van der Waals surface area contributed by atoms with Gasteiger partial charge in [-0.15, -0.1) is 0 Å². The maximum atomic E-state index is 6.11. The first-order valence-corrected chi connectivity index (χ1v) is 6.40. The first-order valence-electron chi connectivity index (χ1n) is 5.65. The maximum Gasteiger partial charge on any atom is 0.129 e. The number of nitrogens with zero attached hydrogens (tertiary/aromatic N) is 2. The average molecular weight is 281 g/mol. The molecule has 0 amide bonds. The van der Waals surface area contributed by atoms with E-state index in [0.717, 1.165) is 11.4 Å². The predicted octanol–water partition coefficient (Wildman–Crippen LogP) is 4.33. The van der Waals surface area contributed by atoms with Gasteiger partial charge >= 0.3 is 0 Å². The van der Waals surface area contributed by atoms with Crippen LogP contribution in [-0.4, -0.2) is 12.0 Å². The van der Waals surface area contributed by atoms with Gasteiger partial charge in [-0.25, -0.2) is 4.98 Å². The minimum absolute atomic E-state index is 0.465. The molecule has 18 heavy (non-hydrogen) atoms. The fourth-order valence-electron chi connectivity index (χ4n) is 1.75. The molecule has 0 bridgehead atoms. The molecule has 0 fully saturated rings. The molecule has 1 aromatic heterocycles. The Balaban J connectivity index is 2.21. The fraction of sp³-hybridized carbons (Fsp3) is 0.214. The summed E-state index contributed by atoms with van der Waals surface area (Å²) < 4.78 is 0. The number of aryl methyl sites for hydroxylation is 1. The van der Waals surface area contributed by atoms with Crippen LogP contribution < -0.4 is 4.90 Å². The van der Waals surface area contributed by atoms with E-state index in [-0.39, 0.29) is 0 Å². The van der Waals surface area contributed by atoms with Crippen molar-refractivity contribution in [3.05, 3.63) is 57.8 Å². The van der Waals surface area contributed by atoms with Gasteiger partial charge in [0.2, 0.25) is 0 Å². The Kier molecular flexibility index (Phi) is 4.10. The largest absolute Gasteiger partial charge is 0.369 e. The SMILES string of the molecule is Cc1cccc(N(C)Cc2nc(Cl)ccc2Cl)c1. The second kappa shape index (κ2) is 5.59. The van der Waals surface area contributed by atoms with Crippen molar-refractivity contribution < 1.29 is 0 Å². The molecular formula is C14H14Cl2N2. The molecule has 1 heterocycles. The summed E-state index contributed by atoms with van der Waals surface area (Å²) in [6, 6.07) is 11.8. The molecule has 0 N–H and O–H groups in total. The summed E-state index contributed by atoms with van der Waals surface area (Å²) in [6.07, 6.45) is 0. The topological polar surface area (TPSA) is 16.1 Å². The van der Waals surface area contributed by atoms with Crippen molar-refractivity contribution in [3.8, 4) is 0 Å². The molecular weight excluding hydrogens is 267 g/mol. The standard InChI is InChI=1S/C14H14Cl2N2/c1-10-4-3-5-11(8-10)18(2)9-13-12(15)6-7-14(16)17-13/h3-8H,9H2,1-2H3. The van der Waals surface area contributed by atoms with Crippen LogP contribution in [0.5, 0.6) is 0 Å². The summed E-state index contributed by atoms with van der Waals surface area (Å²) in [4.78, 5) is 6.35. The molecule has 0 radical (unpaired) electrons. The van der Waals surface area contributed by atoms with Crippen LogP contribution in [0.25, 0.3) is 0 Å². The number of benzene rings is 1. The lowest BCUT2D eigenvalue weighted by Crippen LogP contribution is -2.17. The molecule has 4 heteroatoms. The van der Waals surface area contributed by atoms with E-state index in [9.17, 15) is 0 Å². The van der Waals surface area contributed by atoms with Crippen molar-refractivity contribution >= 4 is 28.9 Å². The fourth-order valence-corrected chi connectivity index (χ4v) is 2.08. The quantitative estimate of drug-likeness (QED) is 0.778. The third kappa shape index (κ3) is 3.15. The molecule has 0 saturated carbocycles.